The summed E-state index contributed by atoms with van der Waals surface area (Å²) in [5.41, 5.74) is 3.15. The van der Waals surface area contributed by atoms with Gasteiger partial charge in [0.15, 0.2) is 0 Å². The summed E-state index contributed by atoms with van der Waals surface area (Å²) < 4.78 is 8.54. The molecule has 0 amide bonds. The van der Waals surface area contributed by atoms with Crippen molar-refractivity contribution < 1.29 is 4.74 Å². The first-order valence-electron chi connectivity index (χ1n) is 7.55. The van der Waals surface area contributed by atoms with Crippen LogP contribution in [0.25, 0.3) is 0 Å². The molecule has 3 heteroatoms. The van der Waals surface area contributed by atoms with Crippen molar-refractivity contribution in [1.82, 2.24) is 9.55 Å². The van der Waals surface area contributed by atoms with E-state index in [1.165, 1.54) is 69.2 Å². The molecule has 18 heavy (non-hydrogen) atoms. The minimum Gasteiger partial charge on any atom is -0.375 e. The molecule has 98 valence electrons. The van der Waals surface area contributed by atoms with Crippen molar-refractivity contribution in [3.05, 3.63) is 17.7 Å². The van der Waals surface area contributed by atoms with E-state index in [0.717, 1.165) is 6.61 Å². The Hall–Kier alpha value is -0.830. The van der Waals surface area contributed by atoms with Crippen LogP contribution in [0.3, 0.4) is 0 Å². The lowest BCUT2D eigenvalue weighted by Gasteiger charge is -2.47. The van der Waals surface area contributed by atoms with E-state index in [-0.39, 0.29) is 5.60 Å². The summed E-state index contributed by atoms with van der Waals surface area (Å²) in [6.45, 7) is 0.942. The molecule has 1 spiro atoms. The molecular formula is C15H22N2O. The number of nitrogens with zero attached hydrogens (tertiary/aromatic N) is 2. The van der Waals surface area contributed by atoms with Gasteiger partial charge in [-0.2, -0.15) is 0 Å². The van der Waals surface area contributed by atoms with Gasteiger partial charge in [-0.3, -0.25) is 0 Å². The molecule has 3 aliphatic rings. The Bertz CT molecular complexity index is 447. The van der Waals surface area contributed by atoms with E-state index in [2.05, 4.69) is 15.9 Å². The average molecular weight is 246 g/mol. The van der Waals surface area contributed by atoms with Gasteiger partial charge in [0.25, 0.3) is 0 Å². The van der Waals surface area contributed by atoms with E-state index < -0.39 is 0 Å². The normalized spacial score (nSPS) is 29.9. The summed E-state index contributed by atoms with van der Waals surface area (Å²) in [5, 5.41) is 0. The molecule has 0 bridgehead atoms. The predicted octanol–water partition coefficient (Wildman–Crippen LogP) is 3.04. The number of rotatable bonds is 1. The molecule has 1 unspecified atom stereocenters. The zero-order chi connectivity index (χ0) is 12.0. The Labute approximate surface area is 109 Å². The summed E-state index contributed by atoms with van der Waals surface area (Å²) in [6, 6.07) is 0.647. The third kappa shape index (κ3) is 1.63. The second-order valence-corrected chi connectivity index (χ2v) is 6.28. The maximum absolute atomic E-state index is 6.04. The van der Waals surface area contributed by atoms with Crippen molar-refractivity contribution in [2.24, 2.45) is 0 Å². The summed E-state index contributed by atoms with van der Waals surface area (Å²) in [6.07, 6.45) is 13.5. The van der Waals surface area contributed by atoms with Crippen LogP contribution >= 0.6 is 0 Å². The first-order valence-corrected chi connectivity index (χ1v) is 7.55. The first-order chi connectivity index (χ1) is 8.86. The molecule has 1 aliphatic heterocycles. The third-order valence-corrected chi connectivity index (χ3v) is 5.19. The second-order valence-electron chi connectivity index (χ2n) is 6.28. The van der Waals surface area contributed by atoms with Gasteiger partial charge in [-0.05, 0) is 57.8 Å². The molecule has 4 rings (SSSR count). The topological polar surface area (TPSA) is 27.1 Å². The van der Waals surface area contributed by atoms with Gasteiger partial charge in [0.1, 0.15) is 0 Å². The highest BCUT2D eigenvalue weighted by atomic mass is 16.5. The number of hydrogen-bond donors (Lipinski definition) is 0. The Morgan fingerprint density at radius 2 is 2.11 bits per heavy atom. The predicted molar refractivity (Wildman–Crippen MR) is 69.7 cm³/mol. The molecular weight excluding hydrogens is 224 g/mol. The van der Waals surface area contributed by atoms with Gasteiger partial charge in [-0.25, -0.2) is 4.98 Å². The highest BCUT2D eigenvalue weighted by Crippen LogP contribution is 2.46. The largest absolute Gasteiger partial charge is 0.375 e. The van der Waals surface area contributed by atoms with Crippen molar-refractivity contribution in [3.63, 3.8) is 0 Å². The molecule has 3 nitrogen and oxygen atoms in total. The molecule has 1 saturated heterocycles. The highest BCUT2D eigenvalue weighted by Gasteiger charge is 2.43. The van der Waals surface area contributed by atoms with Crippen molar-refractivity contribution in [2.75, 3.05) is 6.61 Å². The Morgan fingerprint density at radius 3 is 2.94 bits per heavy atom. The van der Waals surface area contributed by atoms with E-state index in [1.54, 1.807) is 0 Å². The zero-order valence-corrected chi connectivity index (χ0v) is 11.0. The monoisotopic (exact) mass is 246 g/mol. The van der Waals surface area contributed by atoms with Gasteiger partial charge in [0.2, 0.25) is 0 Å². The molecule has 1 saturated carbocycles. The van der Waals surface area contributed by atoms with Crippen LogP contribution in [0.5, 0.6) is 0 Å². The average Bonchev–Trinajstić information content (AvgIpc) is 2.81. The van der Waals surface area contributed by atoms with Crippen LogP contribution < -0.4 is 0 Å². The second kappa shape index (κ2) is 4.09. The van der Waals surface area contributed by atoms with Crippen LogP contribution in [-0.2, 0) is 17.6 Å². The van der Waals surface area contributed by atoms with Crippen molar-refractivity contribution >= 4 is 0 Å². The van der Waals surface area contributed by atoms with Crippen LogP contribution in [-0.4, -0.2) is 21.8 Å². The quantitative estimate of drug-likeness (QED) is 0.761. The maximum Gasteiger partial charge on any atom is 0.0954 e. The lowest BCUT2D eigenvalue weighted by Crippen LogP contribution is -2.46. The molecule has 0 N–H and O–H groups in total. The molecule has 2 fully saturated rings. The van der Waals surface area contributed by atoms with E-state index >= 15 is 0 Å². The summed E-state index contributed by atoms with van der Waals surface area (Å²) >= 11 is 0. The Balaban J connectivity index is 1.60. The third-order valence-electron chi connectivity index (χ3n) is 5.19. The van der Waals surface area contributed by atoms with Gasteiger partial charge >= 0.3 is 0 Å². The molecule has 1 aromatic rings. The van der Waals surface area contributed by atoms with E-state index in [4.69, 9.17) is 4.74 Å². The van der Waals surface area contributed by atoms with Gasteiger partial charge in [0.05, 0.1) is 17.6 Å². The van der Waals surface area contributed by atoms with Crippen molar-refractivity contribution in [1.29, 1.82) is 0 Å². The summed E-state index contributed by atoms with van der Waals surface area (Å²) in [5.74, 6) is 0. The fourth-order valence-corrected chi connectivity index (χ4v) is 3.97. The van der Waals surface area contributed by atoms with Crippen LogP contribution in [0.15, 0.2) is 6.33 Å². The summed E-state index contributed by atoms with van der Waals surface area (Å²) in [7, 11) is 0. The van der Waals surface area contributed by atoms with Gasteiger partial charge < -0.3 is 9.30 Å². The van der Waals surface area contributed by atoms with Crippen LogP contribution in [0.2, 0.25) is 0 Å². The van der Waals surface area contributed by atoms with E-state index in [9.17, 15) is 0 Å². The molecule has 2 aliphatic carbocycles. The maximum atomic E-state index is 6.04. The van der Waals surface area contributed by atoms with E-state index in [0.29, 0.717) is 6.04 Å². The van der Waals surface area contributed by atoms with Gasteiger partial charge in [-0.15, -0.1) is 0 Å². The zero-order valence-electron chi connectivity index (χ0n) is 11.0. The van der Waals surface area contributed by atoms with Crippen LogP contribution in [0.4, 0.5) is 0 Å². The molecule has 1 aromatic heterocycles. The van der Waals surface area contributed by atoms with Gasteiger partial charge in [0, 0.05) is 18.3 Å². The molecule has 0 radical (unpaired) electrons. The molecule has 1 atom stereocenters. The smallest absolute Gasteiger partial charge is 0.0954 e. The minimum atomic E-state index is 0.245. The van der Waals surface area contributed by atoms with Crippen molar-refractivity contribution in [2.45, 2.75) is 69.4 Å². The fraction of sp³-hybridized carbons (Fsp3) is 0.800. The fourth-order valence-electron chi connectivity index (χ4n) is 3.97. The minimum absolute atomic E-state index is 0.245. The lowest BCUT2D eigenvalue weighted by molar-refractivity contribution is -0.140. The van der Waals surface area contributed by atoms with Crippen LogP contribution in [0, 0.1) is 0 Å². The Morgan fingerprint density at radius 1 is 1.22 bits per heavy atom. The summed E-state index contributed by atoms with van der Waals surface area (Å²) in [4.78, 5) is 4.65. The first kappa shape index (κ1) is 11.0. The van der Waals surface area contributed by atoms with Crippen molar-refractivity contribution in [3.8, 4) is 0 Å². The number of hydrogen-bond acceptors (Lipinski definition) is 2. The highest BCUT2D eigenvalue weighted by molar-refractivity contribution is 5.17. The number of aromatic nitrogens is 2. The number of imidazole rings is 1. The van der Waals surface area contributed by atoms with Gasteiger partial charge in [-0.1, -0.05) is 0 Å². The number of aryl methyl sites for hydroxylation is 1. The van der Waals surface area contributed by atoms with Crippen LogP contribution in [0.1, 0.15) is 62.4 Å². The lowest BCUT2D eigenvalue weighted by atomic mass is 9.74. The molecule has 0 aromatic carbocycles. The Kier molecular flexibility index (Phi) is 2.51. The SMILES string of the molecule is c1nc2c(n1C1CCOC3(CCC3)C1)CCCC2. The number of ether oxygens (including phenoxy) is 1. The molecule has 2 heterocycles. The number of fused-ring (bicyclic) bond motifs is 1. The standard InChI is InChI=1S/C15H22N2O/c1-2-5-14-13(4-1)16-11-17(14)12-6-9-18-15(10-12)7-3-8-15/h11-12H,1-10H2. The van der Waals surface area contributed by atoms with E-state index in [1.807, 2.05) is 0 Å².